The third-order valence-electron chi connectivity index (χ3n) is 10.4. The largest absolute Gasteiger partial charge is 0.462 e. The van der Waals surface area contributed by atoms with Crippen molar-refractivity contribution >= 4 is 11.9 Å². The van der Waals surface area contributed by atoms with E-state index in [4.69, 9.17) is 18.9 Å². The number of hydrogen-bond acceptors (Lipinski definition) is 10. The zero-order valence-corrected chi connectivity index (χ0v) is 34.5. The standard InChI is InChI=1S/C44H82O10/c1-3-5-7-9-11-13-15-17-18-19-21-22-24-26-28-30-32-39(46)51-35-37(36-52-44-43(50)42(49)41(48)38(34-45)54-44)53-40(47)33-31-29-27-25-23-20-16-14-12-10-8-6-4-2/h14,16,37-38,41-45,48-50H,3-13,15,17-36H2,1-2H3/b16-14+/t37-,38-,41+,42?,43?,44-/m0/s1. The number of aliphatic hydroxyl groups is 4. The molecule has 0 aromatic carbocycles. The van der Waals surface area contributed by atoms with Gasteiger partial charge in [0.1, 0.15) is 31.0 Å². The van der Waals surface area contributed by atoms with Crippen LogP contribution >= 0.6 is 0 Å². The van der Waals surface area contributed by atoms with Crippen molar-refractivity contribution in [3.05, 3.63) is 12.2 Å². The third-order valence-corrected chi connectivity index (χ3v) is 10.4. The second-order valence-electron chi connectivity index (χ2n) is 15.5. The molecule has 10 nitrogen and oxygen atoms in total. The lowest BCUT2D eigenvalue weighted by Gasteiger charge is -2.39. The van der Waals surface area contributed by atoms with E-state index in [1.807, 2.05) is 0 Å². The van der Waals surface area contributed by atoms with Gasteiger partial charge in [-0.05, 0) is 38.5 Å². The first-order chi connectivity index (χ1) is 26.3. The fourth-order valence-corrected chi connectivity index (χ4v) is 6.83. The summed E-state index contributed by atoms with van der Waals surface area (Å²) in [6.45, 7) is 3.41. The van der Waals surface area contributed by atoms with Crippen LogP contribution in [0.3, 0.4) is 0 Å². The highest BCUT2D eigenvalue weighted by Crippen LogP contribution is 2.23. The number of aliphatic hydroxyl groups excluding tert-OH is 4. The van der Waals surface area contributed by atoms with E-state index in [1.165, 1.54) is 109 Å². The smallest absolute Gasteiger partial charge is 0.306 e. The van der Waals surface area contributed by atoms with Crippen molar-refractivity contribution in [2.24, 2.45) is 0 Å². The summed E-state index contributed by atoms with van der Waals surface area (Å²) in [6, 6.07) is 0. The molecule has 0 aliphatic carbocycles. The lowest BCUT2D eigenvalue weighted by atomic mass is 9.99. The molecule has 0 spiro atoms. The van der Waals surface area contributed by atoms with Crippen LogP contribution in [0, 0.1) is 0 Å². The van der Waals surface area contributed by atoms with Crippen LogP contribution < -0.4 is 0 Å². The zero-order chi connectivity index (χ0) is 39.5. The highest BCUT2D eigenvalue weighted by atomic mass is 16.7. The molecule has 1 fully saturated rings. The molecule has 1 saturated heterocycles. The van der Waals surface area contributed by atoms with Gasteiger partial charge in [-0.25, -0.2) is 0 Å². The quantitative estimate of drug-likeness (QED) is 0.0273. The van der Waals surface area contributed by atoms with Crippen molar-refractivity contribution in [2.75, 3.05) is 19.8 Å². The minimum atomic E-state index is -1.59. The maximum atomic E-state index is 12.7. The number of hydrogen-bond donors (Lipinski definition) is 4. The second kappa shape index (κ2) is 35.8. The molecule has 4 N–H and O–H groups in total. The van der Waals surface area contributed by atoms with E-state index in [1.54, 1.807) is 0 Å². The molecular formula is C44H82O10. The van der Waals surface area contributed by atoms with Crippen molar-refractivity contribution in [3.8, 4) is 0 Å². The molecule has 1 heterocycles. The topological polar surface area (TPSA) is 152 Å². The Morgan fingerprint density at radius 2 is 0.981 bits per heavy atom. The molecule has 2 unspecified atom stereocenters. The van der Waals surface area contributed by atoms with Gasteiger partial charge in [-0.2, -0.15) is 0 Å². The number of carbonyl (C=O) groups is 2. The average molecular weight is 771 g/mol. The van der Waals surface area contributed by atoms with Crippen LogP contribution in [0.15, 0.2) is 12.2 Å². The van der Waals surface area contributed by atoms with Crippen LogP contribution in [-0.2, 0) is 28.5 Å². The Morgan fingerprint density at radius 1 is 0.556 bits per heavy atom. The Hall–Kier alpha value is -1.56. The number of allylic oxidation sites excluding steroid dienone is 2. The first-order valence-electron chi connectivity index (χ1n) is 22.3. The molecule has 0 amide bonds. The lowest BCUT2D eigenvalue weighted by Crippen LogP contribution is -2.59. The van der Waals surface area contributed by atoms with E-state index in [0.29, 0.717) is 6.42 Å². The van der Waals surface area contributed by atoms with E-state index in [2.05, 4.69) is 26.0 Å². The zero-order valence-electron chi connectivity index (χ0n) is 34.5. The number of ether oxygens (including phenoxy) is 4. The molecule has 0 bridgehead atoms. The van der Waals surface area contributed by atoms with Crippen LogP contribution in [-0.4, -0.2) is 89.0 Å². The van der Waals surface area contributed by atoms with Gasteiger partial charge in [-0.3, -0.25) is 9.59 Å². The summed E-state index contributed by atoms with van der Waals surface area (Å²) in [5, 5.41) is 40.0. The van der Waals surface area contributed by atoms with Crippen LogP contribution in [0.25, 0.3) is 0 Å². The van der Waals surface area contributed by atoms with Gasteiger partial charge < -0.3 is 39.4 Å². The highest BCUT2D eigenvalue weighted by molar-refractivity contribution is 5.70. The van der Waals surface area contributed by atoms with Crippen LogP contribution in [0.1, 0.15) is 200 Å². The van der Waals surface area contributed by atoms with E-state index < -0.39 is 49.4 Å². The molecule has 0 aromatic heterocycles. The molecule has 318 valence electrons. The molecule has 10 heteroatoms. The summed E-state index contributed by atoms with van der Waals surface area (Å²) < 4.78 is 22.1. The van der Waals surface area contributed by atoms with Gasteiger partial charge in [0.15, 0.2) is 12.4 Å². The maximum absolute atomic E-state index is 12.7. The summed E-state index contributed by atoms with van der Waals surface area (Å²) >= 11 is 0. The second-order valence-corrected chi connectivity index (χ2v) is 15.5. The first-order valence-corrected chi connectivity index (χ1v) is 22.3. The van der Waals surface area contributed by atoms with Crippen molar-refractivity contribution in [2.45, 2.75) is 237 Å². The fraction of sp³-hybridized carbons (Fsp3) is 0.909. The molecule has 0 radical (unpaired) electrons. The van der Waals surface area contributed by atoms with Crippen molar-refractivity contribution in [3.63, 3.8) is 0 Å². The average Bonchev–Trinajstić information content (AvgIpc) is 3.17. The van der Waals surface area contributed by atoms with E-state index in [0.717, 1.165) is 57.8 Å². The van der Waals surface area contributed by atoms with Gasteiger partial charge in [-0.15, -0.1) is 0 Å². The summed E-state index contributed by atoms with van der Waals surface area (Å²) in [6.07, 6.45) is 29.3. The molecular weight excluding hydrogens is 688 g/mol. The number of esters is 2. The summed E-state index contributed by atoms with van der Waals surface area (Å²) in [5.41, 5.74) is 0. The molecule has 0 aromatic rings. The van der Waals surface area contributed by atoms with Gasteiger partial charge in [-0.1, -0.05) is 161 Å². The van der Waals surface area contributed by atoms with Crippen molar-refractivity contribution < 1.29 is 49.0 Å². The fourth-order valence-electron chi connectivity index (χ4n) is 6.83. The number of carbonyl (C=O) groups excluding carboxylic acids is 2. The Bertz CT molecular complexity index is 897. The van der Waals surface area contributed by atoms with E-state index >= 15 is 0 Å². The van der Waals surface area contributed by atoms with E-state index in [-0.39, 0.29) is 32.0 Å². The van der Waals surface area contributed by atoms with Crippen LogP contribution in [0.5, 0.6) is 0 Å². The van der Waals surface area contributed by atoms with Crippen molar-refractivity contribution in [1.82, 2.24) is 0 Å². The molecule has 1 aliphatic heterocycles. The minimum absolute atomic E-state index is 0.215. The molecule has 54 heavy (non-hydrogen) atoms. The van der Waals surface area contributed by atoms with Gasteiger partial charge in [0, 0.05) is 12.8 Å². The van der Waals surface area contributed by atoms with Gasteiger partial charge >= 0.3 is 11.9 Å². The Labute approximate surface area is 329 Å². The predicted molar refractivity (Wildman–Crippen MR) is 215 cm³/mol. The van der Waals surface area contributed by atoms with Crippen LogP contribution in [0.2, 0.25) is 0 Å². The van der Waals surface area contributed by atoms with Gasteiger partial charge in [0.25, 0.3) is 0 Å². The Morgan fingerprint density at radius 3 is 1.46 bits per heavy atom. The predicted octanol–water partition coefficient (Wildman–Crippen LogP) is 9.17. The molecule has 1 rings (SSSR count). The molecule has 0 saturated carbocycles. The molecule has 6 atom stereocenters. The summed E-state index contributed by atoms with van der Waals surface area (Å²) in [4.78, 5) is 25.3. The number of rotatable bonds is 37. The van der Waals surface area contributed by atoms with Crippen LogP contribution in [0.4, 0.5) is 0 Å². The minimum Gasteiger partial charge on any atom is -0.462 e. The normalized spacial score (nSPS) is 20.7. The monoisotopic (exact) mass is 771 g/mol. The Kier molecular flexibility index (Phi) is 33.5. The SMILES string of the molecule is CCCCCC/C=C/CCCCCCCC(=O)O[C@@H](COC(=O)CCCCCCCCCCCCCCCCCC)CO[C@H]1O[C@@H](CO)[C@@H](O)C(O)C1O. The summed E-state index contributed by atoms with van der Waals surface area (Å²) in [5.74, 6) is -0.808. The first kappa shape index (κ1) is 50.5. The number of unbranched alkanes of at least 4 members (excludes halogenated alkanes) is 24. The lowest BCUT2D eigenvalue weighted by molar-refractivity contribution is -0.305. The highest BCUT2D eigenvalue weighted by Gasteiger charge is 2.44. The maximum Gasteiger partial charge on any atom is 0.306 e. The van der Waals surface area contributed by atoms with Crippen molar-refractivity contribution in [1.29, 1.82) is 0 Å². The van der Waals surface area contributed by atoms with E-state index in [9.17, 15) is 30.0 Å². The summed E-state index contributed by atoms with van der Waals surface area (Å²) in [7, 11) is 0. The molecule has 1 aliphatic rings. The third kappa shape index (κ3) is 27.1. The van der Waals surface area contributed by atoms with Gasteiger partial charge in [0.2, 0.25) is 0 Å². The Balaban J connectivity index is 2.32. The van der Waals surface area contributed by atoms with Gasteiger partial charge in [0.05, 0.1) is 13.2 Å².